The third kappa shape index (κ3) is 2.81. The SMILES string of the molecule is O=C1C=C(c2ccccc2)OC1(Nc1ccccc1)c1ccccc1. The molecule has 0 saturated carbocycles. The molecule has 1 aliphatic heterocycles. The molecule has 1 unspecified atom stereocenters. The highest BCUT2D eigenvalue weighted by atomic mass is 16.5. The van der Waals surface area contributed by atoms with E-state index in [2.05, 4.69) is 5.32 Å². The molecule has 1 heterocycles. The maximum Gasteiger partial charge on any atom is 0.270 e. The highest BCUT2D eigenvalue weighted by Gasteiger charge is 2.46. The van der Waals surface area contributed by atoms with Crippen molar-refractivity contribution in [3.05, 3.63) is 108 Å². The Bertz CT molecular complexity index is 905. The number of rotatable bonds is 4. The number of anilines is 1. The number of carbonyl (C=O) groups excluding carboxylic acids is 1. The molecule has 3 nitrogen and oxygen atoms in total. The molecule has 0 amide bonds. The van der Waals surface area contributed by atoms with Crippen molar-refractivity contribution in [2.24, 2.45) is 0 Å². The lowest BCUT2D eigenvalue weighted by molar-refractivity contribution is -0.127. The van der Waals surface area contributed by atoms with E-state index in [0.29, 0.717) is 5.76 Å². The van der Waals surface area contributed by atoms with Gasteiger partial charge in [0.05, 0.1) is 0 Å². The Morgan fingerprint density at radius 2 is 1.28 bits per heavy atom. The van der Waals surface area contributed by atoms with E-state index in [4.69, 9.17) is 4.74 Å². The van der Waals surface area contributed by atoms with Crippen LogP contribution in [0.2, 0.25) is 0 Å². The van der Waals surface area contributed by atoms with Gasteiger partial charge in [-0.05, 0) is 12.1 Å². The van der Waals surface area contributed by atoms with E-state index in [-0.39, 0.29) is 5.78 Å². The van der Waals surface area contributed by atoms with Gasteiger partial charge in [0.2, 0.25) is 5.78 Å². The second-order valence-electron chi connectivity index (χ2n) is 5.88. The summed E-state index contributed by atoms with van der Waals surface area (Å²) >= 11 is 0. The van der Waals surface area contributed by atoms with E-state index in [0.717, 1.165) is 16.8 Å². The molecular weight excluding hydrogens is 310 g/mol. The van der Waals surface area contributed by atoms with Crippen molar-refractivity contribution < 1.29 is 9.53 Å². The van der Waals surface area contributed by atoms with Crippen molar-refractivity contribution in [1.29, 1.82) is 0 Å². The van der Waals surface area contributed by atoms with Crippen LogP contribution in [-0.4, -0.2) is 5.78 Å². The molecule has 122 valence electrons. The second kappa shape index (κ2) is 6.29. The fourth-order valence-corrected chi connectivity index (χ4v) is 2.97. The summed E-state index contributed by atoms with van der Waals surface area (Å²) in [7, 11) is 0. The number of ether oxygens (including phenoxy) is 1. The summed E-state index contributed by atoms with van der Waals surface area (Å²) in [5.74, 6) is 0.444. The Balaban J connectivity index is 1.77. The average molecular weight is 327 g/mol. The summed E-state index contributed by atoms with van der Waals surface area (Å²) in [5.41, 5.74) is 1.21. The van der Waals surface area contributed by atoms with Crippen LogP contribution in [0, 0.1) is 0 Å². The quantitative estimate of drug-likeness (QED) is 0.761. The van der Waals surface area contributed by atoms with Gasteiger partial charge < -0.3 is 10.1 Å². The Kier molecular flexibility index (Phi) is 3.82. The zero-order chi connectivity index (χ0) is 17.1. The zero-order valence-corrected chi connectivity index (χ0v) is 13.6. The molecule has 1 aliphatic rings. The Morgan fingerprint density at radius 3 is 1.92 bits per heavy atom. The monoisotopic (exact) mass is 327 g/mol. The summed E-state index contributed by atoms with van der Waals surface area (Å²) in [5, 5.41) is 3.30. The number of para-hydroxylation sites is 1. The molecule has 0 bridgehead atoms. The number of ketones is 1. The maximum atomic E-state index is 13.0. The molecule has 0 aliphatic carbocycles. The number of benzene rings is 3. The topological polar surface area (TPSA) is 38.3 Å². The first-order valence-corrected chi connectivity index (χ1v) is 8.17. The summed E-state index contributed by atoms with van der Waals surface area (Å²) in [6.07, 6.45) is 1.57. The minimum absolute atomic E-state index is 0.124. The molecular formula is C22H17NO2. The predicted octanol–water partition coefficient (Wildman–Crippen LogP) is 4.59. The first-order chi connectivity index (χ1) is 12.3. The average Bonchev–Trinajstić information content (AvgIpc) is 3.01. The van der Waals surface area contributed by atoms with Gasteiger partial charge >= 0.3 is 0 Å². The predicted molar refractivity (Wildman–Crippen MR) is 98.7 cm³/mol. The normalized spacial score (nSPS) is 19.2. The summed E-state index contributed by atoms with van der Waals surface area (Å²) in [6, 6.07) is 28.8. The standard InChI is InChI=1S/C22H17NO2/c24-21-16-20(17-10-4-1-5-11-17)25-22(21,18-12-6-2-7-13-18)23-19-14-8-3-9-15-19/h1-16,23H. The third-order valence-electron chi connectivity index (χ3n) is 4.21. The molecule has 0 spiro atoms. The molecule has 1 atom stereocenters. The van der Waals surface area contributed by atoms with Crippen molar-refractivity contribution in [2.45, 2.75) is 5.72 Å². The van der Waals surface area contributed by atoms with Gasteiger partial charge in [-0.25, -0.2) is 0 Å². The number of hydrogen-bond acceptors (Lipinski definition) is 3. The van der Waals surface area contributed by atoms with Crippen molar-refractivity contribution in [3.8, 4) is 0 Å². The van der Waals surface area contributed by atoms with Gasteiger partial charge in [0.1, 0.15) is 5.76 Å². The van der Waals surface area contributed by atoms with Gasteiger partial charge in [0.15, 0.2) is 0 Å². The molecule has 3 heteroatoms. The van der Waals surface area contributed by atoms with E-state index in [1.807, 2.05) is 91.0 Å². The van der Waals surface area contributed by atoms with Crippen molar-refractivity contribution in [3.63, 3.8) is 0 Å². The number of nitrogens with one attached hydrogen (secondary N) is 1. The van der Waals surface area contributed by atoms with Crippen LogP contribution in [0.25, 0.3) is 5.76 Å². The fraction of sp³-hybridized carbons (Fsp3) is 0.0455. The number of carbonyl (C=O) groups is 1. The lowest BCUT2D eigenvalue weighted by Crippen LogP contribution is -2.41. The van der Waals surface area contributed by atoms with Gasteiger partial charge in [-0.1, -0.05) is 78.9 Å². The zero-order valence-electron chi connectivity index (χ0n) is 13.6. The van der Waals surface area contributed by atoms with Crippen LogP contribution in [0.1, 0.15) is 11.1 Å². The van der Waals surface area contributed by atoms with Gasteiger partial charge in [-0.3, -0.25) is 4.79 Å². The van der Waals surface area contributed by atoms with E-state index in [9.17, 15) is 4.79 Å². The summed E-state index contributed by atoms with van der Waals surface area (Å²) in [6.45, 7) is 0. The number of hydrogen-bond donors (Lipinski definition) is 1. The van der Waals surface area contributed by atoms with Gasteiger partial charge in [0.25, 0.3) is 5.72 Å². The van der Waals surface area contributed by atoms with Crippen LogP contribution in [0.3, 0.4) is 0 Å². The Hall–Kier alpha value is -3.33. The third-order valence-corrected chi connectivity index (χ3v) is 4.21. The first kappa shape index (κ1) is 15.2. The first-order valence-electron chi connectivity index (χ1n) is 8.17. The fourth-order valence-electron chi connectivity index (χ4n) is 2.97. The minimum atomic E-state index is -1.26. The van der Waals surface area contributed by atoms with E-state index in [1.54, 1.807) is 6.08 Å². The Morgan fingerprint density at radius 1 is 0.720 bits per heavy atom. The smallest absolute Gasteiger partial charge is 0.270 e. The van der Waals surface area contributed by atoms with Crippen LogP contribution in [-0.2, 0) is 15.3 Å². The van der Waals surface area contributed by atoms with E-state index >= 15 is 0 Å². The van der Waals surface area contributed by atoms with E-state index in [1.165, 1.54) is 0 Å². The highest BCUT2D eigenvalue weighted by Crippen LogP contribution is 2.39. The maximum absolute atomic E-state index is 13.0. The lowest BCUT2D eigenvalue weighted by atomic mass is 9.98. The summed E-state index contributed by atoms with van der Waals surface area (Å²) < 4.78 is 6.24. The van der Waals surface area contributed by atoms with E-state index < -0.39 is 5.72 Å². The highest BCUT2D eigenvalue weighted by molar-refractivity contribution is 6.07. The van der Waals surface area contributed by atoms with Crippen LogP contribution in [0.4, 0.5) is 5.69 Å². The largest absolute Gasteiger partial charge is 0.455 e. The second-order valence-corrected chi connectivity index (χ2v) is 5.88. The van der Waals surface area contributed by atoms with Crippen LogP contribution in [0.15, 0.2) is 97.1 Å². The molecule has 0 saturated heterocycles. The molecule has 25 heavy (non-hydrogen) atoms. The van der Waals surface area contributed by atoms with Gasteiger partial charge in [-0.15, -0.1) is 0 Å². The van der Waals surface area contributed by atoms with Crippen LogP contribution >= 0.6 is 0 Å². The van der Waals surface area contributed by atoms with Crippen molar-refractivity contribution in [1.82, 2.24) is 0 Å². The summed E-state index contributed by atoms with van der Waals surface area (Å²) in [4.78, 5) is 13.0. The molecule has 3 aromatic carbocycles. The van der Waals surface area contributed by atoms with Crippen LogP contribution < -0.4 is 5.32 Å². The lowest BCUT2D eigenvalue weighted by Gasteiger charge is -2.31. The Labute approximate surface area is 146 Å². The van der Waals surface area contributed by atoms with Crippen molar-refractivity contribution >= 4 is 17.2 Å². The molecule has 3 aromatic rings. The molecule has 0 aromatic heterocycles. The van der Waals surface area contributed by atoms with Crippen molar-refractivity contribution in [2.75, 3.05) is 5.32 Å². The molecule has 4 rings (SSSR count). The molecule has 1 N–H and O–H groups in total. The van der Waals surface area contributed by atoms with Crippen LogP contribution in [0.5, 0.6) is 0 Å². The van der Waals surface area contributed by atoms with Gasteiger partial charge in [0, 0.05) is 22.9 Å². The minimum Gasteiger partial charge on any atom is -0.455 e. The van der Waals surface area contributed by atoms with Gasteiger partial charge in [-0.2, -0.15) is 0 Å². The molecule has 0 radical (unpaired) electrons. The molecule has 0 fully saturated rings.